The van der Waals surface area contributed by atoms with Gasteiger partial charge in [-0.25, -0.2) is 0 Å². The van der Waals surface area contributed by atoms with Gasteiger partial charge in [0.2, 0.25) is 5.91 Å². The van der Waals surface area contributed by atoms with Gasteiger partial charge in [-0.2, -0.15) is 5.26 Å². The lowest BCUT2D eigenvalue weighted by Gasteiger charge is -2.09. The van der Waals surface area contributed by atoms with Crippen LogP contribution in [-0.2, 0) is 11.2 Å². The predicted octanol–water partition coefficient (Wildman–Crippen LogP) is 0.625. The first-order chi connectivity index (χ1) is 7.61. The Hall–Kier alpha value is -2.09. The summed E-state index contributed by atoms with van der Waals surface area (Å²) in [5, 5.41) is 11.2. The van der Waals surface area contributed by atoms with Crippen LogP contribution in [0.2, 0.25) is 0 Å². The molecule has 0 aliphatic carbocycles. The second kappa shape index (κ2) is 5.71. The number of amides is 1. The maximum absolute atomic E-state index is 11.5. The quantitative estimate of drug-likeness (QED) is 0.775. The minimum Gasteiger partial charge on any atom is -0.397 e. The fourth-order valence-corrected chi connectivity index (χ4v) is 1.22. The van der Waals surface area contributed by atoms with E-state index >= 15 is 0 Å². The number of nitrogens with zero attached hydrogens (tertiary/aromatic N) is 2. The van der Waals surface area contributed by atoms with Gasteiger partial charge in [-0.05, 0) is 19.1 Å². The lowest BCUT2D eigenvalue weighted by molar-refractivity contribution is -0.121. The van der Waals surface area contributed by atoms with Crippen LogP contribution >= 0.6 is 0 Å². The largest absolute Gasteiger partial charge is 0.397 e. The van der Waals surface area contributed by atoms with Crippen LogP contribution in [0.5, 0.6) is 0 Å². The van der Waals surface area contributed by atoms with E-state index in [1.807, 2.05) is 6.07 Å². The molecule has 3 N–H and O–H groups in total. The van der Waals surface area contributed by atoms with E-state index in [9.17, 15) is 4.79 Å². The van der Waals surface area contributed by atoms with E-state index in [4.69, 9.17) is 11.0 Å². The third kappa shape index (κ3) is 3.96. The zero-order chi connectivity index (χ0) is 12.0. The Balaban J connectivity index is 2.46. The molecule has 0 spiro atoms. The van der Waals surface area contributed by atoms with Crippen molar-refractivity contribution in [2.45, 2.75) is 25.8 Å². The van der Waals surface area contributed by atoms with E-state index in [0.717, 1.165) is 0 Å². The molecule has 0 aromatic carbocycles. The Morgan fingerprint density at radius 2 is 2.44 bits per heavy atom. The molecule has 1 aromatic heterocycles. The lowest BCUT2D eigenvalue weighted by atomic mass is 10.2. The van der Waals surface area contributed by atoms with Gasteiger partial charge in [0.25, 0.3) is 0 Å². The Labute approximate surface area is 94.3 Å². The van der Waals surface area contributed by atoms with Crippen molar-refractivity contribution in [3.05, 3.63) is 24.0 Å². The van der Waals surface area contributed by atoms with Crippen LogP contribution in [0.3, 0.4) is 0 Å². The first-order valence-corrected chi connectivity index (χ1v) is 4.98. The summed E-state index contributed by atoms with van der Waals surface area (Å²) < 4.78 is 0. The van der Waals surface area contributed by atoms with E-state index in [0.29, 0.717) is 17.8 Å². The summed E-state index contributed by atoms with van der Waals surface area (Å²) in [6.45, 7) is 1.79. The van der Waals surface area contributed by atoms with Crippen molar-refractivity contribution in [1.29, 1.82) is 5.26 Å². The van der Waals surface area contributed by atoms with Crippen molar-refractivity contribution < 1.29 is 4.79 Å². The molecule has 0 aliphatic rings. The van der Waals surface area contributed by atoms with Gasteiger partial charge in [-0.15, -0.1) is 0 Å². The number of hydrogen-bond acceptors (Lipinski definition) is 4. The first kappa shape index (κ1) is 12.0. The van der Waals surface area contributed by atoms with Gasteiger partial charge in [0.1, 0.15) is 0 Å². The van der Waals surface area contributed by atoms with E-state index in [1.165, 1.54) is 6.20 Å². The fourth-order valence-electron chi connectivity index (χ4n) is 1.22. The van der Waals surface area contributed by atoms with Crippen LogP contribution in [0.4, 0.5) is 5.69 Å². The van der Waals surface area contributed by atoms with Crippen LogP contribution in [-0.4, -0.2) is 16.9 Å². The standard InChI is InChI=1S/C11H14N4O/c1-8(4-5-12)15-11(16)6-10-3-2-9(13)7-14-10/h2-3,7-8H,4,6,13H2,1H3,(H,15,16). The highest BCUT2D eigenvalue weighted by Gasteiger charge is 2.08. The number of nitrogens with two attached hydrogens (primary N) is 1. The third-order valence-corrected chi connectivity index (χ3v) is 1.99. The van der Waals surface area contributed by atoms with Crippen LogP contribution in [0.25, 0.3) is 0 Å². The van der Waals surface area contributed by atoms with E-state index < -0.39 is 0 Å². The topological polar surface area (TPSA) is 91.8 Å². The maximum atomic E-state index is 11.5. The molecule has 1 aromatic rings. The minimum atomic E-state index is -0.139. The predicted molar refractivity (Wildman–Crippen MR) is 60.2 cm³/mol. The molecule has 0 saturated heterocycles. The monoisotopic (exact) mass is 218 g/mol. The molecule has 0 aliphatic heterocycles. The number of nitrogens with one attached hydrogen (secondary N) is 1. The number of carbonyl (C=O) groups excluding carboxylic acids is 1. The van der Waals surface area contributed by atoms with Gasteiger partial charge in [0.15, 0.2) is 0 Å². The average molecular weight is 218 g/mol. The number of nitrogen functional groups attached to an aromatic ring is 1. The molecule has 1 amide bonds. The number of pyridine rings is 1. The van der Waals surface area contributed by atoms with Crippen molar-refractivity contribution in [2.75, 3.05) is 5.73 Å². The summed E-state index contributed by atoms with van der Waals surface area (Å²) in [6.07, 6.45) is 2.03. The molecule has 5 nitrogen and oxygen atoms in total. The summed E-state index contributed by atoms with van der Waals surface area (Å²) >= 11 is 0. The molecule has 5 heteroatoms. The lowest BCUT2D eigenvalue weighted by Crippen LogP contribution is -2.33. The SMILES string of the molecule is CC(CC#N)NC(=O)Cc1ccc(N)cn1. The first-order valence-electron chi connectivity index (χ1n) is 4.98. The van der Waals surface area contributed by atoms with Gasteiger partial charge >= 0.3 is 0 Å². The Morgan fingerprint density at radius 3 is 3.00 bits per heavy atom. The summed E-state index contributed by atoms with van der Waals surface area (Å²) in [4.78, 5) is 15.5. The molecule has 0 bridgehead atoms. The van der Waals surface area contributed by atoms with Crippen molar-refractivity contribution in [1.82, 2.24) is 10.3 Å². The number of carbonyl (C=O) groups is 1. The summed E-state index contributed by atoms with van der Waals surface area (Å²) in [5.74, 6) is -0.139. The molecule has 16 heavy (non-hydrogen) atoms. The van der Waals surface area contributed by atoms with Crippen molar-refractivity contribution >= 4 is 11.6 Å². The second-order valence-electron chi connectivity index (χ2n) is 3.59. The summed E-state index contributed by atoms with van der Waals surface area (Å²) in [6, 6.07) is 5.28. The van der Waals surface area contributed by atoms with E-state index in [2.05, 4.69) is 10.3 Å². The number of anilines is 1. The highest BCUT2D eigenvalue weighted by atomic mass is 16.1. The molecule has 1 atom stereocenters. The number of aromatic nitrogens is 1. The minimum absolute atomic E-state index is 0.133. The van der Waals surface area contributed by atoms with Crippen LogP contribution in [0.1, 0.15) is 19.0 Å². The fraction of sp³-hybridized carbons (Fsp3) is 0.364. The normalized spacial score (nSPS) is 11.5. The van der Waals surface area contributed by atoms with E-state index in [-0.39, 0.29) is 18.4 Å². The Morgan fingerprint density at radius 1 is 1.69 bits per heavy atom. The zero-order valence-corrected chi connectivity index (χ0v) is 9.10. The zero-order valence-electron chi connectivity index (χ0n) is 9.10. The average Bonchev–Trinajstić information content (AvgIpc) is 2.21. The highest BCUT2D eigenvalue weighted by molar-refractivity contribution is 5.78. The summed E-state index contributed by atoms with van der Waals surface area (Å²) in [7, 11) is 0. The second-order valence-corrected chi connectivity index (χ2v) is 3.59. The van der Waals surface area contributed by atoms with Crippen LogP contribution in [0, 0.1) is 11.3 Å². The molecule has 0 saturated carbocycles. The molecule has 1 rings (SSSR count). The molecule has 0 radical (unpaired) electrons. The highest BCUT2D eigenvalue weighted by Crippen LogP contribution is 2.02. The van der Waals surface area contributed by atoms with Gasteiger partial charge < -0.3 is 11.1 Å². The van der Waals surface area contributed by atoms with Gasteiger partial charge in [-0.3, -0.25) is 9.78 Å². The number of nitriles is 1. The molecule has 1 heterocycles. The maximum Gasteiger partial charge on any atom is 0.226 e. The molecular weight excluding hydrogens is 204 g/mol. The van der Waals surface area contributed by atoms with Crippen molar-refractivity contribution in [2.24, 2.45) is 0 Å². The van der Waals surface area contributed by atoms with Crippen LogP contribution < -0.4 is 11.1 Å². The Kier molecular flexibility index (Phi) is 4.28. The number of hydrogen-bond donors (Lipinski definition) is 2. The van der Waals surface area contributed by atoms with Crippen molar-refractivity contribution in [3.8, 4) is 6.07 Å². The van der Waals surface area contributed by atoms with Crippen molar-refractivity contribution in [3.63, 3.8) is 0 Å². The van der Waals surface area contributed by atoms with Gasteiger partial charge in [0, 0.05) is 11.7 Å². The molecule has 84 valence electrons. The smallest absolute Gasteiger partial charge is 0.226 e. The molecular formula is C11H14N4O. The van der Waals surface area contributed by atoms with Gasteiger partial charge in [-0.1, -0.05) is 0 Å². The van der Waals surface area contributed by atoms with Gasteiger partial charge in [0.05, 0.1) is 30.8 Å². The van der Waals surface area contributed by atoms with E-state index in [1.54, 1.807) is 19.1 Å². The summed E-state index contributed by atoms with van der Waals surface area (Å²) in [5.41, 5.74) is 6.71. The third-order valence-electron chi connectivity index (χ3n) is 1.99. The van der Waals surface area contributed by atoms with Crippen LogP contribution in [0.15, 0.2) is 18.3 Å². The Bertz CT molecular complexity index is 393. The number of rotatable bonds is 4. The molecule has 0 fully saturated rings. The molecule has 1 unspecified atom stereocenters.